The Morgan fingerprint density at radius 2 is 2.11 bits per heavy atom. The normalized spacial score (nSPS) is 21.5. The monoisotopic (exact) mass is 249 g/mol. The van der Waals surface area contributed by atoms with Crippen LogP contribution in [-0.4, -0.2) is 24.1 Å². The van der Waals surface area contributed by atoms with Gasteiger partial charge in [0, 0.05) is 25.7 Å². The standard InChI is InChI=1S/C14H23N3O/c1-2-11-5-7-17(8-6-11)14-16-13(10-18-14)9-15-12-3-4-12/h10-12,15H,2-9H2,1H3. The van der Waals surface area contributed by atoms with Crippen molar-refractivity contribution in [1.29, 1.82) is 0 Å². The summed E-state index contributed by atoms with van der Waals surface area (Å²) in [4.78, 5) is 6.87. The van der Waals surface area contributed by atoms with E-state index in [2.05, 4.69) is 22.1 Å². The number of aromatic nitrogens is 1. The number of hydrogen-bond donors (Lipinski definition) is 1. The molecule has 18 heavy (non-hydrogen) atoms. The van der Waals surface area contributed by atoms with Crippen molar-refractivity contribution in [2.45, 2.75) is 51.6 Å². The van der Waals surface area contributed by atoms with E-state index < -0.39 is 0 Å². The van der Waals surface area contributed by atoms with Crippen LogP contribution < -0.4 is 10.2 Å². The molecule has 0 aromatic carbocycles. The summed E-state index contributed by atoms with van der Waals surface area (Å²) in [5, 5.41) is 3.46. The molecule has 0 bridgehead atoms. The van der Waals surface area contributed by atoms with Gasteiger partial charge in [0.05, 0.1) is 5.69 Å². The zero-order chi connectivity index (χ0) is 12.4. The summed E-state index contributed by atoms with van der Waals surface area (Å²) in [5.41, 5.74) is 1.04. The molecule has 1 aromatic heterocycles. The van der Waals surface area contributed by atoms with Crippen molar-refractivity contribution in [3.8, 4) is 0 Å². The SMILES string of the molecule is CCC1CCN(c2nc(CNC3CC3)co2)CC1. The molecule has 1 N–H and O–H groups in total. The summed E-state index contributed by atoms with van der Waals surface area (Å²) >= 11 is 0. The molecule has 1 aromatic rings. The highest BCUT2D eigenvalue weighted by Gasteiger charge is 2.23. The molecule has 1 aliphatic carbocycles. The topological polar surface area (TPSA) is 41.3 Å². The minimum Gasteiger partial charge on any atom is -0.432 e. The van der Waals surface area contributed by atoms with Gasteiger partial charge in [0.2, 0.25) is 0 Å². The minimum absolute atomic E-state index is 0.727. The molecule has 0 radical (unpaired) electrons. The molecule has 100 valence electrons. The average Bonchev–Trinajstić information content (AvgIpc) is 3.14. The molecular weight excluding hydrogens is 226 g/mol. The molecule has 3 rings (SSSR count). The Hall–Kier alpha value is -1.03. The number of nitrogens with one attached hydrogen (secondary N) is 1. The molecule has 0 atom stereocenters. The van der Waals surface area contributed by atoms with Gasteiger partial charge in [0.15, 0.2) is 0 Å². The van der Waals surface area contributed by atoms with Gasteiger partial charge in [-0.05, 0) is 31.6 Å². The lowest BCUT2D eigenvalue weighted by Gasteiger charge is -2.30. The highest BCUT2D eigenvalue weighted by atomic mass is 16.4. The van der Waals surface area contributed by atoms with E-state index in [1.54, 1.807) is 6.26 Å². The first-order valence-corrected chi connectivity index (χ1v) is 7.28. The summed E-state index contributed by atoms with van der Waals surface area (Å²) in [6, 6.07) is 1.54. The first kappa shape index (κ1) is 12.0. The van der Waals surface area contributed by atoms with Gasteiger partial charge in [-0.25, -0.2) is 0 Å². The summed E-state index contributed by atoms with van der Waals surface area (Å²) < 4.78 is 5.60. The molecule has 0 amide bonds. The fourth-order valence-corrected chi connectivity index (χ4v) is 2.59. The van der Waals surface area contributed by atoms with Crippen molar-refractivity contribution in [2.75, 3.05) is 18.0 Å². The summed E-state index contributed by atoms with van der Waals surface area (Å²) in [7, 11) is 0. The van der Waals surface area contributed by atoms with E-state index in [-0.39, 0.29) is 0 Å². The molecule has 2 heterocycles. The maximum absolute atomic E-state index is 5.60. The summed E-state index contributed by atoms with van der Waals surface area (Å²) in [5.74, 6) is 0.896. The maximum Gasteiger partial charge on any atom is 0.297 e. The van der Waals surface area contributed by atoms with E-state index in [9.17, 15) is 0 Å². The number of piperidine rings is 1. The van der Waals surface area contributed by atoms with Crippen LogP contribution in [0.1, 0.15) is 44.7 Å². The average molecular weight is 249 g/mol. The number of hydrogen-bond acceptors (Lipinski definition) is 4. The third kappa shape index (κ3) is 2.86. The predicted molar refractivity (Wildman–Crippen MR) is 71.6 cm³/mol. The van der Waals surface area contributed by atoms with Crippen LogP contribution >= 0.6 is 0 Å². The molecule has 2 aliphatic rings. The lowest BCUT2D eigenvalue weighted by Crippen LogP contribution is -2.33. The van der Waals surface area contributed by atoms with Gasteiger partial charge in [-0.3, -0.25) is 0 Å². The van der Waals surface area contributed by atoms with Crippen molar-refractivity contribution in [3.05, 3.63) is 12.0 Å². The van der Waals surface area contributed by atoms with E-state index >= 15 is 0 Å². The summed E-state index contributed by atoms with van der Waals surface area (Å²) in [6.07, 6.45) is 8.28. The van der Waals surface area contributed by atoms with Crippen LogP contribution in [0.2, 0.25) is 0 Å². The number of oxazole rings is 1. The fourth-order valence-electron chi connectivity index (χ4n) is 2.59. The highest BCUT2D eigenvalue weighted by Crippen LogP contribution is 2.25. The van der Waals surface area contributed by atoms with Crippen LogP contribution in [0.5, 0.6) is 0 Å². The fraction of sp³-hybridized carbons (Fsp3) is 0.786. The van der Waals surface area contributed by atoms with Gasteiger partial charge in [0.25, 0.3) is 6.01 Å². The van der Waals surface area contributed by atoms with E-state index in [4.69, 9.17) is 4.42 Å². The van der Waals surface area contributed by atoms with Crippen molar-refractivity contribution < 1.29 is 4.42 Å². The van der Waals surface area contributed by atoms with E-state index in [0.29, 0.717) is 0 Å². The Labute approximate surface area is 109 Å². The van der Waals surface area contributed by atoms with Gasteiger partial charge < -0.3 is 14.6 Å². The van der Waals surface area contributed by atoms with Crippen LogP contribution in [0.25, 0.3) is 0 Å². The third-order valence-corrected chi connectivity index (χ3v) is 4.15. The summed E-state index contributed by atoms with van der Waals surface area (Å²) in [6.45, 7) is 5.32. The van der Waals surface area contributed by atoms with Crippen LogP contribution in [0.3, 0.4) is 0 Å². The van der Waals surface area contributed by atoms with Crippen molar-refractivity contribution in [3.63, 3.8) is 0 Å². The van der Waals surface area contributed by atoms with Crippen LogP contribution in [-0.2, 0) is 6.54 Å². The Morgan fingerprint density at radius 3 is 2.78 bits per heavy atom. The Balaban J connectivity index is 1.52. The smallest absolute Gasteiger partial charge is 0.297 e. The third-order valence-electron chi connectivity index (χ3n) is 4.15. The number of rotatable bonds is 5. The molecule has 2 fully saturated rings. The molecular formula is C14H23N3O. The van der Waals surface area contributed by atoms with Gasteiger partial charge >= 0.3 is 0 Å². The highest BCUT2D eigenvalue weighted by molar-refractivity contribution is 5.27. The molecule has 1 saturated heterocycles. The van der Waals surface area contributed by atoms with Gasteiger partial charge in [-0.1, -0.05) is 13.3 Å². The van der Waals surface area contributed by atoms with Crippen LogP contribution in [0, 0.1) is 5.92 Å². The molecule has 0 unspecified atom stereocenters. The van der Waals surface area contributed by atoms with E-state index in [0.717, 1.165) is 43.3 Å². The van der Waals surface area contributed by atoms with Gasteiger partial charge in [-0.2, -0.15) is 4.98 Å². The lowest BCUT2D eigenvalue weighted by atomic mass is 9.95. The zero-order valence-corrected chi connectivity index (χ0v) is 11.2. The van der Waals surface area contributed by atoms with Gasteiger partial charge in [0.1, 0.15) is 6.26 Å². The Morgan fingerprint density at radius 1 is 1.33 bits per heavy atom. The zero-order valence-electron chi connectivity index (χ0n) is 11.2. The predicted octanol–water partition coefficient (Wildman–Crippen LogP) is 2.55. The van der Waals surface area contributed by atoms with E-state index in [1.807, 2.05) is 0 Å². The molecule has 1 saturated carbocycles. The Bertz CT molecular complexity index is 378. The second-order valence-electron chi connectivity index (χ2n) is 5.62. The second kappa shape index (κ2) is 5.31. The van der Waals surface area contributed by atoms with E-state index in [1.165, 1.54) is 32.1 Å². The lowest BCUT2D eigenvalue weighted by molar-refractivity contribution is 0.378. The molecule has 4 nitrogen and oxygen atoms in total. The first-order valence-electron chi connectivity index (χ1n) is 7.28. The minimum atomic E-state index is 0.727. The Kier molecular flexibility index (Phi) is 3.55. The van der Waals surface area contributed by atoms with Crippen LogP contribution in [0.15, 0.2) is 10.7 Å². The largest absolute Gasteiger partial charge is 0.432 e. The second-order valence-corrected chi connectivity index (χ2v) is 5.62. The molecule has 4 heteroatoms. The number of anilines is 1. The quantitative estimate of drug-likeness (QED) is 0.870. The van der Waals surface area contributed by atoms with Crippen molar-refractivity contribution in [2.24, 2.45) is 5.92 Å². The number of nitrogens with zero attached hydrogens (tertiary/aromatic N) is 2. The molecule has 1 aliphatic heterocycles. The van der Waals surface area contributed by atoms with Gasteiger partial charge in [-0.15, -0.1) is 0 Å². The van der Waals surface area contributed by atoms with Crippen molar-refractivity contribution >= 4 is 6.01 Å². The maximum atomic E-state index is 5.60. The van der Waals surface area contributed by atoms with Crippen LogP contribution in [0.4, 0.5) is 6.01 Å². The van der Waals surface area contributed by atoms with Crippen molar-refractivity contribution in [1.82, 2.24) is 10.3 Å². The first-order chi connectivity index (χ1) is 8.85. The molecule has 0 spiro atoms.